The number of carboxylic acids is 1. The highest BCUT2D eigenvalue weighted by molar-refractivity contribution is 7.89. The van der Waals surface area contributed by atoms with Crippen molar-refractivity contribution >= 4 is 16.0 Å². The summed E-state index contributed by atoms with van der Waals surface area (Å²) in [6.45, 7) is 1.68. The van der Waals surface area contributed by atoms with Gasteiger partial charge in [0.1, 0.15) is 6.04 Å². The smallest absolute Gasteiger partial charge is 0.321 e. The standard InChI is InChI=1S/C10H19NO4S/c1-3-9(10(12)13)11(2)16(14,15)8-6-4-5-7-8/h8-9H,3-7H2,1-2H3,(H,12,13). The van der Waals surface area contributed by atoms with Crippen LogP contribution < -0.4 is 0 Å². The van der Waals surface area contributed by atoms with Gasteiger partial charge in [-0.05, 0) is 19.3 Å². The van der Waals surface area contributed by atoms with Gasteiger partial charge in [-0.15, -0.1) is 0 Å². The zero-order chi connectivity index (χ0) is 12.3. The molecule has 0 saturated heterocycles. The SMILES string of the molecule is CCC(C(=O)O)N(C)S(=O)(=O)C1CCCC1. The molecule has 1 saturated carbocycles. The quantitative estimate of drug-likeness (QED) is 0.790. The first kappa shape index (κ1) is 13.4. The number of nitrogens with zero attached hydrogens (tertiary/aromatic N) is 1. The Labute approximate surface area is 96.5 Å². The van der Waals surface area contributed by atoms with Crippen LogP contribution in [0.3, 0.4) is 0 Å². The molecule has 0 spiro atoms. The minimum Gasteiger partial charge on any atom is -0.480 e. The molecule has 0 radical (unpaired) electrons. The molecule has 1 N–H and O–H groups in total. The van der Waals surface area contributed by atoms with E-state index in [-0.39, 0.29) is 11.7 Å². The van der Waals surface area contributed by atoms with Crippen LogP contribution in [-0.2, 0) is 14.8 Å². The Balaban J connectivity index is 2.85. The third kappa shape index (κ3) is 2.55. The van der Waals surface area contributed by atoms with E-state index in [4.69, 9.17) is 5.11 Å². The van der Waals surface area contributed by atoms with Gasteiger partial charge in [0.25, 0.3) is 0 Å². The zero-order valence-corrected chi connectivity index (χ0v) is 10.5. The van der Waals surface area contributed by atoms with Gasteiger partial charge in [0.2, 0.25) is 10.0 Å². The molecule has 1 fully saturated rings. The van der Waals surface area contributed by atoms with Crippen molar-refractivity contribution in [3.8, 4) is 0 Å². The molecule has 0 aliphatic heterocycles. The van der Waals surface area contributed by atoms with Gasteiger partial charge in [0.05, 0.1) is 5.25 Å². The molecule has 6 heteroatoms. The van der Waals surface area contributed by atoms with Crippen LogP contribution in [0.4, 0.5) is 0 Å². The Hall–Kier alpha value is -0.620. The average Bonchev–Trinajstić information content (AvgIpc) is 2.71. The molecular weight excluding hydrogens is 230 g/mol. The fourth-order valence-electron chi connectivity index (χ4n) is 2.19. The van der Waals surface area contributed by atoms with Gasteiger partial charge in [-0.3, -0.25) is 4.79 Å². The summed E-state index contributed by atoms with van der Waals surface area (Å²) in [5.74, 6) is -1.08. The number of hydrogen-bond acceptors (Lipinski definition) is 3. The monoisotopic (exact) mass is 249 g/mol. The van der Waals surface area contributed by atoms with Crippen molar-refractivity contribution in [2.45, 2.75) is 50.3 Å². The Morgan fingerprint density at radius 3 is 2.31 bits per heavy atom. The van der Waals surface area contributed by atoms with Crippen molar-refractivity contribution < 1.29 is 18.3 Å². The van der Waals surface area contributed by atoms with Gasteiger partial charge in [0, 0.05) is 7.05 Å². The summed E-state index contributed by atoms with van der Waals surface area (Å²) in [5.41, 5.74) is 0. The van der Waals surface area contributed by atoms with Crippen molar-refractivity contribution in [2.24, 2.45) is 0 Å². The lowest BCUT2D eigenvalue weighted by atomic mass is 10.2. The highest BCUT2D eigenvalue weighted by atomic mass is 32.2. The molecule has 0 amide bonds. The van der Waals surface area contributed by atoms with Crippen molar-refractivity contribution in [2.75, 3.05) is 7.05 Å². The summed E-state index contributed by atoms with van der Waals surface area (Å²) in [5, 5.41) is 8.56. The summed E-state index contributed by atoms with van der Waals surface area (Å²) in [7, 11) is -2.07. The third-order valence-electron chi connectivity index (χ3n) is 3.24. The Bertz CT molecular complexity index is 346. The lowest BCUT2D eigenvalue weighted by Crippen LogP contribution is -2.45. The van der Waals surface area contributed by atoms with Gasteiger partial charge < -0.3 is 5.11 Å². The first-order chi connectivity index (χ1) is 7.41. The van der Waals surface area contributed by atoms with Gasteiger partial charge in [0.15, 0.2) is 0 Å². The fourth-order valence-corrected chi connectivity index (χ4v) is 4.18. The van der Waals surface area contributed by atoms with Gasteiger partial charge in [-0.1, -0.05) is 19.8 Å². The highest BCUT2D eigenvalue weighted by Gasteiger charge is 2.37. The second-order valence-electron chi connectivity index (χ2n) is 4.23. The van der Waals surface area contributed by atoms with Crippen LogP contribution in [0.15, 0.2) is 0 Å². The average molecular weight is 249 g/mol. The highest BCUT2D eigenvalue weighted by Crippen LogP contribution is 2.27. The van der Waals surface area contributed by atoms with Crippen LogP contribution in [0.1, 0.15) is 39.0 Å². The topological polar surface area (TPSA) is 74.7 Å². The molecule has 0 aromatic carbocycles. The largest absolute Gasteiger partial charge is 0.480 e. The maximum atomic E-state index is 12.1. The van der Waals surface area contributed by atoms with E-state index >= 15 is 0 Å². The molecule has 1 aliphatic rings. The minimum absolute atomic E-state index is 0.289. The van der Waals surface area contributed by atoms with Crippen LogP contribution in [0, 0.1) is 0 Å². The summed E-state index contributed by atoms with van der Waals surface area (Å²) >= 11 is 0. The molecule has 0 aromatic heterocycles. The Morgan fingerprint density at radius 2 is 1.94 bits per heavy atom. The van der Waals surface area contributed by atoms with Crippen molar-refractivity contribution in [1.29, 1.82) is 0 Å². The maximum Gasteiger partial charge on any atom is 0.321 e. The molecule has 1 unspecified atom stereocenters. The summed E-state index contributed by atoms with van der Waals surface area (Å²) in [6, 6.07) is -0.939. The first-order valence-electron chi connectivity index (χ1n) is 5.61. The van der Waals surface area contributed by atoms with E-state index in [1.165, 1.54) is 7.05 Å². The van der Waals surface area contributed by atoms with Crippen molar-refractivity contribution in [1.82, 2.24) is 4.31 Å². The van der Waals surface area contributed by atoms with E-state index in [0.717, 1.165) is 17.1 Å². The lowest BCUT2D eigenvalue weighted by Gasteiger charge is -2.26. The van der Waals surface area contributed by atoms with Crippen LogP contribution >= 0.6 is 0 Å². The molecule has 5 nitrogen and oxygen atoms in total. The predicted octanol–water partition coefficient (Wildman–Crippen LogP) is 1.05. The summed E-state index contributed by atoms with van der Waals surface area (Å²) in [4.78, 5) is 10.9. The molecule has 0 heterocycles. The van der Waals surface area contributed by atoms with Gasteiger partial charge >= 0.3 is 5.97 Å². The van der Waals surface area contributed by atoms with Crippen molar-refractivity contribution in [3.05, 3.63) is 0 Å². The number of hydrogen-bond donors (Lipinski definition) is 1. The van der Waals surface area contributed by atoms with Crippen LogP contribution in [0.5, 0.6) is 0 Å². The Kier molecular flexibility index (Phi) is 4.32. The van der Waals surface area contributed by atoms with E-state index < -0.39 is 22.0 Å². The molecule has 0 bridgehead atoms. The molecule has 1 rings (SSSR count). The number of sulfonamides is 1. The number of likely N-dealkylation sites (N-methyl/N-ethyl adjacent to an activating group) is 1. The normalized spacial score (nSPS) is 20.2. The molecule has 1 aliphatic carbocycles. The Morgan fingerprint density at radius 1 is 1.44 bits per heavy atom. The molecule has 0 aromatic rings. The van der Waals surface area contributed by atoms with E-state index in [9.17, 15) is 13.2 Å². The lowest BCUT2D eigenvalue weighted by molar-refractivity contribution is -0.141. The van der Waals surface area contributed by atoms with E-state index in [1.807, 2.05) is 0 Å². The van der Waals surface area contributed by atoms with E-state index in [0.29, 0.717) is 12.8 Å². The maximum absolute atomic E-state index is 12.1. The van der Waals surface area contributed by atoms with Crippen LogP contribution in [0.25, 0.3) is 0 Å². The van der Waals surface area contributed by atoms with E-state index in [1.54, 1.807) is 6.92 Å². The molecular formula is C10H19NO4S. The summed E-state index contributed by atoms with van der Waals surface area (Å²) < 4.78 is 25.2. The minimum atomic E-state index is -3.44. The van der Waals surface area contributed by atoms with Crippen molar-refractivity contribution in [3.63, 3.8) is 0 Å². The molecule has 1 atom stereocenters. The number of carboxylic acid groups (broad SMARTS) is 1. The van der Waals surface area contributed by atoms with Crippen LogP contribution in [0.2, 0.25) is 0 Å². The zero-order valence-electron chi connectivity index (χ0n) is 9.72. The summed E-state index contributed by atoms with van der Waals surface area (Å²) in [6.07, 6.45) is 3.44. The molecule has 94 valence electrons. The number of rotatable bonds is 5. The second-order valence-corrected chi connectivity index (χ2v) is 6.50. The predicted molar refractivity (Wildman–Crippen MR) is 60.7 cm³/mol. The fraction of sp³-hybridized carbons (Fsp3) is 0.900. The number of aliphatic carboxylic acids is 1. The van der Waals surface area contributed by atoms with Crippen LogP contribution in [-0.4, -0.2) is 42.1 Å². The third-order valence-corrected chi connectivity index (χ3v) is 5.61. The first-order valence-corrected chi connectivity index (χ1v) is 7.11. The van der Waals surface area contributed by atoms with Gasteiger partial charge in [-0.2, -0.15) is 4.31 Å². The molecule has 16 heavy (non-hydrogen) atoms. The van der Waals surface area contributed by atoms with Gasteiger partial charge in [-0.25, -0.2) is 8.42 Å². The number of carbonyl (C=O) groups is 1. The van der Waals surface area contributed by atoms with E-state index in [2.05, 4.69) is 0 Å². The second kappa shape index (κ2) is 5.14.